The zero-order chi connectivity index (χ0) is 23.5. The molecule has 0 bridgehead atoms. The van der Waals surface area contributed by atoms with Gasteiger partial charge in [-0.1, -0.05) is 6.42 Å². The third-order valence-corrected chi connectivity index (χ3v) is 6.57. The number of rotatable bonds is 7. The van der Waals surface area contributed by atoms with Crippen LogP contribution in [0, 0.1) is 12.8 Å². The van der Waals surface area contributed by atoms with Crippen LogP contribution in [-0.2, 0) is 17.8 Å². The first-order valence-corrected chi connectivity index (χ1v) is 11.8. The van der Waals surface area contributed by atoms with Crippen LogP contribution >= 0.6 is 0 Å². The summed E-state index contributed by atoms with van der Waals surface area (Å²) in [5.74, 6) is 1.40. The summed E-state index contributed by atoms with van der Waals surface area (Å²) in [7, 11) is 0. The third kappa shape index (κ3) is 4.66. The molecule has 0 radical (unpaired) electrons. The number of aromatic hydroxyl groups is 1. The second-order valence-corrected chi connectivity index (χ2v) is 8.90. The predicted octanol–water partition coefficient (Wildman–Crippen LogP) is 2.47. The minimum Gasteiger partial charge on any atom is -0.507 e. The number of imidazole rings is 1. The minimum absolute atomic E-state index is 0.0343. The Labute approximate surface area is 197 Å². The number of phenols is 1. The molecule has 10 heteroatoms. The van der Waals surface area contributed by atoms with E-state index >= 15 is 0 Å². The van der Waals surface area contributed by atoms with Crippen molar-refractivity contribution in [2.24, 2.45) is 5.92 Å². The SMILES string of the molecule is Cc1nc(N[C@@H]2CCC[C@H](C(=O)NCCn3ccnc3)C2)nnc1-c1ccc2c(c1O)CCO2. The van der Waals surface area contributed by atoms with Crippen molar-refractivity contribution >= 4 is 11.9 Å². The molecule has 178 valence electrons. The second kappa shape index (κ2) is 9.66. The molecule has 1 amide bonds. The maximum Gasteiger partial charge on any atom is 0.243 e. The molecule has 2 aliphatic rings. The van der Waals surface area contributed by atoms with Gasteiger partial charge in [-0.3, -0.25) is 4.79 Å². The molecule has 5 rings (SSSR count). The average molecular weight is 464 g/mol. The number of hydrogen-bond acceptors (Lipinski definition) is 8. The number of phenolic OH excluding ortho intramolecular Hbond substituents is 1. The van der Waals surface area contributed by atoms with E-state index in [-0.39, 0.29) is 23.6 Å². The van der Waals surface area contributed by atoms with Gasteiger partial charge in [-0.2, -0.15) is 0 Å². The molecule has 34 heavy (non-hydrogen) atoms. The van der Waals surface area contributed by atoms with Gasteiger partial charge in [0.05, 0.1) is 18.6 Å². The van der Waals surface area contributed by atoms with Gasteiger partial charge in [0.1, 0.15) is 17.2 Å². The van der Waals surface area contributed by atoms with Crippen molar-refractivity contribution in [3.63, 3.8) is 0 Å². The molecule has 0 saturated heterocycles. The summed E-state index contributed by atoms with van der Waals surface area (Å²) in [5.41, 5.74) is 2.64. The van der Waals surface area contributed by atoms with Crippen LogP contribution in [0.2, 0.25) is 0 Å². The van der Waals surface area contributed by atoms with Crippen LogP contribution in [0.1, 0.15) is 36.9 Å². The predicted molar refractivity (Wildman–Crippen MR) is 125 cm³/mol. The highest BCUT2D eigenvalue weighted by atomic mass is 16.5. The highest BCUT2D eigenvalue weighted by Gasteiger charge is 2.28. The summed E-state index contributed by atoms with van der Waals surface area (Å²) in [5, 5.41) is 25.7. The summed E-state index contributed by atoms with van der Waals surface area (Å²) < 4.78 is 7.46. The van der Waals surface area contributed by atoms with Crippen LogP contribution in [-0.4, -0.2) is 54.9 Å². The van der Waals surface area contributed by atoms with E-state index in [1.165, 1.54) is 0 Å². The van der Waals surface area contributed by atoms with Crippen molar-refractivity contribution in [1.82, 2.24) is 30.0 Å². The first-order chi connectivity index (χ1) is 16.6. The topological polar surface area (TPSA) is 127 Å². The van der Waals surface area contributed by atoms with Gasteiger partial charge in [-0.05, 0) is 38.3 Å². The van der Waals surface area contributed by atoms with Gasteiger partial charge in [-0.15, -0.1) is 10.2 Å². The van der Waals surface area contributed by atoms with Gasteiger partial charge in [0, 0.05) is 55.0 Å². The highest BCUT2D eigenvalue weighted by molar-refractivity contribution is 5.78. The maximum atomic E-state index is 12.7. The van der Waals surface area contributed by atoms with E-state index in [2.05, 4.69) is 30.8 Å². The minimum atomic E-state index is -0.0343. The van der Waals surface area contributed by atoms with Gasteiger partial charge in [-0.25, -0.2) is 9.97 Å². The monoisotopic (exact) mass is 463 g/mol. The van der Waals surface area contributed by atoms with Crippen LogP contribution in [0.25, 0.3) is 11.3 Å². The van der Waals surface area contributed by atoms with E-state index in [1.54, 1.807) is 18.6 Å². The molecule has 3 heterocycles. The summed E-state index contributed by atoms with van der Waals surface area (Å²) in [6, 6.07) is 3.76. The number of nitrogens with one attached hydrogen (secondary N) is 2. The molecular weight excluding hydrogens is 434 g/mol. The lowest BCUT2D eigenvalue weighted by molar-refractivity contribution is -0.126. The highest BCUT2D eigenvalue weighted by Crippen LogP contribution is 2.40. The second-order valence-electron chi connectivity index (χ2n) is 8.90. The maximum absolute atomic E-state index is 12.7. The van der Waals surface area contributed by atoms with Gasteiger partial charge in [0.25, 0.3) is 0 Å². The fourth-order valence-corrected chi connectivity index (χ4v) is 4.78. The van der Waals surface area contributed by atoms with Crippen molar-refractivity contribution in [1.29, 1.82) is 0 Å². The largest absolute Gasteiger partial charge is 0.507 e. The zero-order valence-corrected chi connectivity index (χ0v) is 19.2. The van der Waals surface area contributed by atoms with Crippen molar-refractivity contribution in [2.75, 3.05) is 18.5 Å². The van der Waals surface area contributed by atoms with Crippen molar-refractivity contribution in [3.8, 4) is 22.8 Å². The van der Waals surface area contributed by atoms with Gasteiger partial charge >= 0.3 is 0 Å². The molecule has 0 unspecified atom stereocenters. The third-order valence-electron chi connectivity index (χ3n) is 6.57. The summed E-state index contributed by atoms with van der Waals surface area (Å²) in [6.07, 6.45) is 9.56. The van der Waals surface area contributed by atoms with Crippen molar-refractivity contribution in [2.45, 2.75) is 51.6 Å². The van der Waals surface area contributed by atoms with E-state index < -0.39 is 0 Å². The number of nitrogens with zero attached hydrogens (tertiary/aromatic N) is 5. The molecule has 1 aromatic carbocycles. The molecule has 1 aliphatic carbocycles. The number of benzene rings is 1. The van der Waals surface area contributed by atoms with Crippen LogP contribution in [0.4, 0.5) is 5.95 Å². The number of ether oxygens (including phenoxy) is 1. The lowest BCUT2D eigenvalue weighted by Crippen LogP contribution is -2.38. The molecule has 2 atom stereocenters. The molecule has 0 spiro atoms. The molecule has 1 saturated carbocycles. The zero-order valence-electron chi connectivity index (χ0n) is 19.2. The fraction of sp³-hybridized carbons (Fsp3) is 0.458. The smallest absolute Gasteiger partial charge is 0.243 e. The van der Waals surface area contributed by atoms with E-state index in [1.807, 2.05) is 23.8 Å². The Morgan fingerprint density at radius 2 is 2.21 bits per heavy atom. The van der Waals surface area contributed by atoms with E-state index in [0.29, 0.717) is 49.0 Å². The number of carbonyl (C=O) groups excluding carboxylic acids is 1. The van der Waals surface area contributed by atoms with E-state index in [9.17, 15) is 9.90 Å². The van der Waals surface area contributed by atoms with Crippen molar-refractivity contribution in [3.05, 3.63) is 42.1 Å². The number of hydrogen-bond donors (Lipinski definition) is 3. The number of amides is 1. The molecule has 1 aliphatic heterocycles. The first kappa shape index (κ1) is 22.1. The molecule has 2 aromatic heterocycles. The Morgan fingerprint density at radius 3 is 3.03 bits per heavy atom. The molecule has 3 N–H and O–H groups in total. The summed E-state index contributed by atoms with van der Waals surface area (Å²) >= 11 is 0. The quantitative estimate of drug-likeness (QED) is 0.488. The number of fused-ring (bicyclic) bond motifs is 1. The van der Waals surface area contributed by atoms with Gasteiger partial charge < -0.3 is 25.0 Å². The summed E-state index contributed by atoms with van der Waals surface area (Å²) in [6.45, 7) is 3.72. The molecular formula is C24H29N7O3. The normalized spacial score (nSPS) is 19.3. The Hall–Kier alpha value is -3.69. The van der Waals surface area contributed by atoms with Gasteiger partial charge in [0.2, 0.25) is 11.9 Å². The van der Waals surface area contributed by atoms with Crippen LogP contribution < -0.4 is 15.4 Å². The van der Waals surface area contributed by atoms with Gasteiger partial charge in [0.15, 0.2) is 0 Å². The Balaban J connectivity index is 1.20. The molecule has 1 fully saturated rings. The lowest BCUT2D eigenvalue weighted by Gasteiger charge is -2.29. The fourth-order valence-electron chi connectivity index (χ4n) is 4.78. The van der Waals surface area contributed by atoms with Crippen molar-refractivity contribution < 1.29 is 14.6 Å². The molecule has 3 aromatic rings. The summed E-state index contributed by atoms with van der Waals surface area (Å²) in [4.78, 5) is 21.3. The lowest BCUT2D eigenvalue weighted by atomic mass is 9.85. The number of anilines is 1. The van der Waals surface area contributed by atoms with E-state index in [4.69, 9.17) is 4.74 Å². The van der Waals surface area contributed by atoms with Crippen LogP contribution in [0.3, 0.4) is 0 Å². The average Bonchev–Trinajstić information content (AvgIpc) is 3.53. The van der Waals surface area contributed by atoms with Crippen LogP contribution in [0.15, 0.2) is 30.9 Å². The Morgan fingerprint density at radius 1 is 1.29 bits per heavy atom. The number of aryl methyl sites for hydroxylation is 1. The van der Waals surface area contributed by atoms with E-state index in [0.717, 1.165) is 37.0 Å². The van der Waals surface area contributed by atoms with Crippen LogP contribution in [0.5, 0.6) is 11.5 Å². The first-order valence-electron chi connectivity index (χ1n) is 11.8. The Kier molecular flexibility index (Phi) is 6.29. The Bertz CT molecular complexity index is 1170. The number of aromatic nitrogens is 5. The molecule has 10 nitrogen and oxygen atoms in total. The number of carbonyl (C=O) groups is 1. The standard InChI is InChI=1S/C24H29N7O3/c1-15-21(19-5-6-20-18(22(19)32)7-12-34-20)29-30-24(27-15)28-17-4-2-3-16(13-17)23(33)26-9-11-31-10-8-25-14-31/h5-6,8,10,14,16-17,32H,2-4,7,9,11-13H2,1H3,(H,26,33)(H,27,28,30)/t16-,17+/m0/s1.